The lowest BCUT2D eigenvalue weighted by Crippen LogP contribution is -1.97. The van der Waals surface area contributed by atoms with E-state index in [9.17, 15) is 8.78 Å². The number of rotatable bonds is 2. The molecule has 0 fully saturated rings. The van der Waals surface area contributed by atoms with Crippen molar-refractivity contribution in [2.75, 3.05) is 11.9 Å². The molecule has 11 heavy (non-hydrogen) atoms. The highest BCUT2D eigenvalue weighted by Gasteiger charge is 1.97. The molecule has 0 radical (unpaired) electrons. The average Bonchev–Trinajstić information content (AvgIpc) is 1.85. The van der Waals surface area contributed by atoms with Crippen LogP contribution in [0.2, 0.25) is 0 Å². The van der Waals surface area contributed by atoms with Gasteiger partial charge in [0.15, 0.2) is 0 Å². The SMILES string of the molecule is CCNc1cc(F)cc(F)c1. The number of halogens is 2. The molecule has 0 saturated carbocycles. The van der Waals surface area contributed by atoms with Gasteiger partial charge in [0.1, 0.15) is 11.6 Å². The van der Waals surface area contributed by atoms with Crippen LogP contribution < -0.4 is 5.32 Å². The van der Waals surface area contributed by atoms with E-state index in [0.717, 1.165) is 6.07 Å². The molecule has 0 amide bonds. The Morgan fingerprint density at radius 2 is 1.73 bits per heavy atom. The van der Waals surface area contributed by atoms with E-state index in [0.29, 0.717) is 12.2 Å². The molecule has 1 rings (SSSR count). The first-order valence-electron chi connectivity index (χ1n) is 3.42. The first kappa shape index (κ1) is 7.98. The third-order valence-corrected chi connectivity index (χ3v) is 1.24. The molecule has 0 aliphatic heterocycles. The van der Waals surface area contributed by atoms with Crippen molar-refractivity contribution in [1.29, 1.82) is 0 Å². The summed E-state index contributed by atoms with van der Waals surface area (Å²) in [5, 5.41) is 2.81. The molecule has 0 aromatic heterocycles. The Bertz CT molecular complexity index is 228. The second-order valence-electron chi connectivity index (χ2n) is 2.19. The average molecular weight is 157 g/mol. The maximum atomic E-state index is 12.5. The fourth-order valence-corrected chi connectivity index (χ4v) is 0.860. The standard InChI is InChI=1S/C8H9F2N/c1-2-11-8-4-6(9)3-7(10)5-8/h3-5,11H,2H2,1H3. The van der Waals surface area contributed by atoms with Gasteiger partial charge in [0.05, 0.1) is 0 Å². The van der Waals surface area contributed by atoms with Crippen LogP contribution in [0.5, 0.6) is 0 Å². The zero-order valence-corrected chi connectivity index (χ0v) is 6.20. The van der Waals surface area contributed by atoms with Crippen LogP contribution in [0.4, 0.5) is 14.5 Å². The normalized spacial score (nSPS) is 9.73. The zero-order chi connectivity index (χ0) is 8.27. The molecule has 1 N–H and O–H groups in total. The minimum absolute atomic E-state index is 0.477. The van der Waals surface area contributed by atoms with Crippen molar-refractivity contribution in [2.45, 2.75) is 6.92 Å². The smallest absolute Gasteiger partial charge is 0.128 e. The van der Waals surface area contributed by atoms with E-state index in [1.807, 2.05) is 6.92 Å². The van der Waals surface area contributed by atoms with E-state index < -0.39 is 11.6 Å². The Labute approximate surface area is 64.0 Å². The molecule has 1 aromatic rings. The molecule has 3 heteroatoms. The third kappa shape index (κ3) is 2.18. The molecule has 1 aromatic carbocycles. The van der Waals surface area contributed by atoms with Gasteiger partial charge in [-0.3, -0.25) is 0 Å². The molecule has 60 valence electrons. The number of anilines is 1. The van der Waals surface area contributed by atoms with Gasteiger partial charge >= 0.3 is 0 Å². The van der Waals surface area contributed by atoms with E-state index in [2.05, 4.69) is 5.32 Å². The maximum Gasteiger partial charge on any atom is 0.128 e. The van der Waals surface area contributed by atoms with Crippen LogP contribution in [0.25, 0.3) is 0 Å². The second kappa shape index (κ2) is 3.32. The second-order valence-corrected chi connectivity index (χ2v) is 2.19. The molecule has 0 aliphatic rings. The zero-order valence-electron chi connectivity index (χ0n) is 6.20. The van der Waals surface area contributed by atoms with Gasteiger partial charge in [0.2, 0.25) is 0 Å². The third-order valence-electron chi connectivity index (χ3n) is 1.24. The van der Waals surface area contributed by atoms with Crippen molar-refractivity contribution in [2.24, 2.45) is 0 Å². The maximum absolute atomic E-state index is 12.5. The molecular formula is C8H9F2N. The van der Waals surface area contributed by atoms with Gasteiger partial charge in [0, 0.05) is 18.3 Å². The first-order valence-corrected chi connectivity index (χ1v) is 3.42. The molecule has 0 bridgehead atoms. The fourth-order valence-electron chi connectivity index (χ4n) is 0.860. The Morgan fingerprint density at radius 3 is 2.18 bits per heavy atom. The summed E-state index contributed by atoms with van der Waals surface area (Å²) in [4.78, 5) is 0. The van der Waals surface area contributed by atoms with Gasteiger partial charge in [-0.2, -0.15) is 0 Å². The van der Waals surface area contributed by atoms with Gasteiger partial charge in [-0.1, -0.05) is 0 Å². The molecule has 1 nitrogen and oxygen atoms in total. The van der Waals surface area contributed by atoms with Crippen LogP contribution in [-0.2, 0) is 0 Å². The summed E-state index contributed by atoms with van der Waals surface area (Å²) < 4.78 is 24.9. The van der Waals surface area contributed by atoms with Crippen molar-refractivity contribution in [3.63, 3.8) is 0 Å². The van der Waals surface area contributed by atoms with Crippen LogP contribution in [0, 0.1) is 11.6 Å². The lowest BCUT2D eigenvalue weighted by molar-refractivity contribution is 0.584. The highest BCUT2D eigenvalue weighted by Crippen LogP contribution is 2.11. The van der Waals surface area contributed by atoms with Crippen molar-refractivity contribution >= 4 is 5.69 Å². The van der Waals surface area contributed by atoms with E-state index in [1.165, 1.54) is 12.1 Å². The Balaban J connectivity index is 2.89. The molecule has 0 unspecified atom stereocenters. The first-order chi connectivity index (χ1) is 5.22. The molecule has 0 heterocycles. The largest absolute Gasteiger partial charge is 0.385 e. The fraction of sp³-hybridized carbons (Fsp3) is 0.250. The van der Waals surface area contributed by atoms with E-state index in [4.69, 9.17) is 0 Å². The lowest BCUT2D eigenvalue weighted by Gasteiger charge is -2.01. The van der Waals surface area contributed by atoms with E-state index >= 15 is 0 Å². The van der Waals surface area contributed by atoms with E-state index in [-0.39, 0.29) is 0 Å². The van der Waals surface area contributed by atoms with Gasteiger partial charge in [-0.15, -0.1) is 0 Å². The predicted octanol–water partition coefficient (Wildman–Crippen LogP) is 2.40. The highest BCUT2D eigenvalue weighted by molar-refractivity contribution is 5.43. The van der Waals surface area contributed by atoms with Crippen molar-refractivity contribution < 1.29 is 8.78 Å². The Morgan fingerprint density at radius 1 is 1.18 bits per heavy atom. The molecule has 0 spiro atoms. The van der Waals surface area contributed by atoms with Crippen LogP contribution in [-0.4, -0.2) is 6.54 Å². The Hall–Kier alpha value is -1.12. The summed E-state index contributed by atoms with van der Waals surface area (Å²) in [7, 11) is 0. The number of hydrogen-bond acceptors (Lipinski definition) is 1. The topological polar surface area (TPSA) is 12.0 Å². The van der Waals surface area contributed by atoms with Gasteiger partial charge in [0.25, 0.3) is 0 Å². The lowest BCUT2D eigenvalue weighted by atomic mass is 10.3. The van der Waals surface area contributed by atoms with E-state index in [1.54, 1.807) is 0 Å². The van der Waals surface area contributed by atoms with Crippen LogP contribution in [0.15, 0.2) is 18.2 Å². The van der Waals surface area contributed by atoms with Crippen molar-refractivity contribution in [3.05, 3.63) is 29.8 Å². The highest BCUT2D eigenvalue weighted by atomic mass is 19.1. The number of hydrogen-bond donors (Lipinski definition) is 1. The van der Waals surface area contributed by atoms with Crippen LogP contribution >= 0.6 is 0 Å². The van der Waals surface area contributed by atoms with Gasteiger partial charge in [-0.05, 0) is 19.1 Å². The molecular weight excluding hydrogens is 148 g/mol. The molecule has 0 atom stereocenters. The van der Waals surface area contributed by atoms with Crippen molar-refractivity contribution in [1.82, 2.24) is 0 Å². The minimum Gasteiger partial charge on any atom is -0.385 e. The Kier molecular flexibility index (Phi) is 2.41. The molecule has 0 aliphatic carbocycles. The van der Waals surface area contributed by atoms with Crippen molar-refractivity contribution in [3.8, 4) is 0 Å². The van der Waals surface area contributed by atoms with Gasteiger partial charge in [-0.25, -0.2) is 8.78 Å². The quantitative estimate of drug-likeness (QED) is 0.695. The predicted molar refractivity (Wildman–Crippen MR) is 40.5 cm³/mol. The monoisotopic (exact) mass is 157 g/mol. The molecule has 0 saturated heterocycles. The summed E-state index contributed by atoms with van der Waals surface area (Å²) in [5.41, 5.74) is 0.477. The van der Waals surface area contributed by atoms with Crippen LogP contribution in [0.3, 0.4) is 0 Å². The number of benzene rings is 1. The summed E-state index contributed by atoms with van der Waals surface area (Å²) in [6, 6.07) is 3.36. The summed E-state index contributed by atoms with van der Waals surface area (Å²) in [6.07, 6.45) is 0. The summed E-state index contributed by atoms with van der Waals surface area (Å²) in [5.74, 6) is -1.11. The minimum atomic E-state index is -0.555. The van der Waals surface area contributed by atoms with Gasteiger partial charge < -0.3 is 5.32 Å². The summed E-state index contributed by atoms with van der Waals surface area (Å²) >= 11 is 0. The van der Waals surface area contributed by atoms with Crippen LogP contribution in [0.1, 0.15) is 6.92 Å². The summed E-state index contributed by atoms with van der Waals surface area (Å²) in [6.45, 7) is 2.52. The number of nitrogens with one attached hydrogen (secondary N) is 1.